The number of aromatic nitrogens is 3. The zero-order valence-corrected chi connectivity index (χ0v) is 16.2. The van der Waals surface area contributed by atoms with Crippen molar-refractivity contribution in [2.24, 2.45) is 0 Å². The summed E-state index contributed by atoms with van der Waals surface area (Å²) in [5.41, 5.74) is 1.56. The summed E-state index contributed by atoms with van der Waals surface area (Å²) >= 11 is 0. The lowest BCUT2D eigenvalue weighted by atomic mass is 10.1. The van der Waals surface area contributed by atoms with Crippen LogP contribution in [0, 0.1) is 0 Å². The number of aryl methyl sites for hydroxylation is 1. The Kier molecular flexibility index (Phi) is 6.95. The number of rotatable bonds is 8. The first kappa shape index (κ1) is 19.5. The highest BCUT2D eigenvalue weighted by Gasteiger charge is 2.20. The molecule has 1 aliphatic rings. The lowest BCUT2D eigenvalue weighted by molar-refractivity contribution is 0.0159. The van der Waals surface area contributed by atoms with Crippen molar-refractivity contribution in [2.45, 2.75) is 39.3 Å². The summed E-state index contributed by atoms with van der Waals surface area (Å²) in [6.45, 7) is 9.11. The number of benzene rings is 1. The van der Waals surface area contributed by atoms with Gasteiger partial charge < -0.3 is 10.1 Å². The molecule has 3 rings (SSSR count). The number of nitrogens with one attached hydrogen (secondary N) is 1. The van der Waals surface area contributed by atoms with E-state index in [9.17, 15) is 4.79 Å². The number of hydrogen-bond acceptors (Lipinski definition) is 5. The summed E-state index contributed by atoms with van der Waals surface area (Å²) in [5.74, 6) is 0.747. The van der Waals surface area contributed by atoms with Crippen LogP contribution in [0.5, 0.6) is 0 Å². The quantitative estimate of drug-likeness (QED) is 0.770. The lowest BCUT2D eigenvalue weighted by Gasteiger charge is -2.34. The van der Waals surface area contributed by atoms with Crippen molar-refractivity contribution in [3.8, 4) is 11.4 Å². The maximum Gasteiger partial charge on any atom is 0.251 e. The average molecular weight is 371 g/mol. The van der Waals surface area contributed by atoms with Crippen LogP contribution in [0.3, 0.4) is 0 Å². The normalized spacial score (nSPS) is 16.2. The Morgan fingerprint density at radius 1 is 1.30 bits per heavy atom. The van der Waals surface area contributed by atoms with Gasteiger partial charge in [0, 0.05) is 43.3 Å². The predicted molar refractivity (Wildman–Crippen MR) is 105 cm³/mol. The van der Waals surface area contributed by atoms with E-state index in [0.717, 1.165) is 57.1 Å². The van der Waals surface area contributed by atoms with E-state index in [1.54, 1.807) is 6.33 Å². The van der Waals surface area contributed by atoms with E-state index < -0.39 is 0 Å². The highest BCUT2D eigenvalue weighted by molar-refractivity contribution is 5.95. The molecule has 0 saturated carbocycles. The summed E-state index contributed by atoms with van der Waals surface area (Å²) in [6.07, 6.45) is 3.54. The third-order valence-corrected chi connectivity index (χ3v) is 4.97. The Morgan fingerprint density at radius 2 is 2.11 bits per heavy atom. The third-order valence-electron chi connectivity index (χ3n) is 4.97. The summed E-state index contributed by atoms with van der Waals surface area (Å²) in [5, 5.41) is 7.36. The number of ether oxygens (including phenoxy) is 1. The van der Waals surface area contributed by atoms with E-state index in [4.69, 9.17) is 4.74 Å². The first-order valence-corrected chi connectivity index (χ1v) is 9.81. The number of amides is 1. The molecule has 0 aliphatic carbocycles. The van der Waals surface area contributed by atoms with Crippen LogP contribution in [-0.4, -0.2) is 64.5 Å². The van der Waals surface area contributed by atoms with E-state index in [0.29, 0.717) is 18.2 Å². The summed E-state index contributed by atoms with van der Waals surface area (Å²) in [6, 6.07) is 7.94. The molecule has 1 atom stereocenters. The molecule has 0 spiro atoms. The summed E-state index contributed by atoms with van der Waals surface area (Å²) in [4.78, 5) is 19.4. The van der Waals surface area contributed by atoms with Crippen molar-refractivity contribution in [3.05, 3.63) is 36.2 Å². The molecule has 1 aliphatic heterocycles. The fourth-order valence-electron chi connectivity index (χ4n) is 3.45. The lowest BCUT2D eigenvalue weighted by Crippen LogP contribution is -2.48. The average Bonchev–Trinajstić information content (AvgIpc) is 3.18. The zero-order valence-electron chi connectivity index (χ0n) is 16.2. The molecular weight excluding hydrogens is 342 g/mol. The van der Waals surface area contributed by atoms with Gasteiger partial charge in [0.05, 0.1) is 13.2 Å². The van der Waals surface area contributed by atoms with Crippen LogP contribution in [-0.2, 0) is 11.3 Å². The standard InChI is InChI=1S/C20H29N5O2/c1-3-8-25-19(22-15-23-25)16-6-5-7-17(13-16)20(26)21-14-18(4-2)24-9-11-27-12-10-24/h5-7,13,15,18H,3-4,8-12,14H2,1-2H3,(H,21,26)/t18-/m1/s1. The van der Waals surface area contributed by atoms with Crippen LogP contribution in [0.4, 0.5) is 0 Å². The van der Waals surface area contributed by atoms with Gasteiger partial charge in [-0.25, -0.2) is 9.67 Å². The van der Waals surface area contributed by atoms with Crippen LogP contribution in [0.2, 0.25) is 0 Å². The van der Waals surface area contributed by atoms with Gasteiger partial charge in [0.1, 0.15) is 6.33 Å². The Morgan fingerprint density at radius 3 is 2.85 bits per heavy atom. The van der Waals surface area contributed by atoms with Crippen molar-refractivity contribution >= 4 is 5.91 Å². The first-order chi connectivity index (χ1) is 13.2. The molecule has 1 amide bonds. The van der Waals surface area contributed by atoms with Crippen molar-refractivity contribution in [1.29, 1.82) is 0 Å². The molecule has 146 valence electrons. The molecule has 0 bridgehead atoms. The van der Waals surface area contributed by atoms with Crippen molar-refractivity contribution in [3.63, 3.8) is 0 Å². The minimum Gasteiger partial charge on any atom is -0.379 e. The molecule has 2 heterocycles. The zero-order chi connectivity index (χ0) is 19.1. The molecule has 0 radical (unpaired) electrons. The number of morpholine rings is 1. The van der Waals surface area contributed by atoms with E-state index in [1.807, 2.05) is 28.9 Å². The number of carbonyl (C=O) groups excluding carboxylic acids is 1. The van der Waals surface area contributed by atoms with Crippen molar-refractivity contribution in [1.82, 2.24) is 25.0 Å². The number of hydrogen-bond donors (Lipinski definition) is 1. The Balaban J connectivity index is 1.65. The largest absolute Gasteiger partial charge is 0.379 e. The molecule has 1 N–H and O–H groups in total. The van der Waals surface area contributed by atoms with Crippen LogP contribution in [0.25, 0.3) is 11.4 Å². The fourth-order valence-corrected chi connectivity index (χ4v) is 3.45. The predicted octanol–water partition coefficient (Wildman–Crippen LogP) is 2.20. The molecule has 2 aromatic rings. The molecule has 1 aromatic heterocycles. The van der Waals surface area contributed by atoms with Gasteiger partial charge in [-0.3, -0.25) is 9.69 Å². The van der Waals surface area contributed by atoms with Crippen LogP contribution >= 0.6 is 0 Å². The van der Waals surface area contributed by atoms with Crippen molar-refractivity contribution < 1.29 is 9.53 Å². The van der Waals surface area contributed by atoms with E-state index in [2.05, 4.69) is 34.1 Å². The highest BCUT2D eigenvalue weighted by atomic mass is 16.5. The molecular formula is C20H29N5O2. The maximum absolute atomic E-state index is 12.7. The van der Waals surface area contributed by atoms with Gasteiger partial charge in [-0.1, -0.05) is 26.0 Å². The fraction of sp³-hybridized carbons (Fsp3) is 0.550. The molecule has 27 heavy (non-hydrogen) atoms. The SMILES string of the molecule is CCCn1ncnc1-c1cccc(C(=O)NC[C@@H](CC)N2CCOCC2)c1. The molecule has 7 nitrogen and oxygen atoms in total. The van der Waals surface area contributed by atoms with Gasteiger partial charge >= 0.3 is 0 Å². The van der Waals surface area contributed by atoms with E-state index in [-0.39, 0.29) is 5.91 Å². The molecule has 0 unspecified atom stereocenters. The minimum atomic E-state index is -0.0508. The summed E-state index contributed by atoms with van der Waals surface area (Å²) in [7, 11) is 0. The van der Waals surface area contributed by atoms with Gasteiger partial charge in [-0.05, 0) is 25.0 Å². The third kappa shape index (κ3) is 4.93. The van der Waals surface area contributed by atoms with Crippen LogP contribution in [0.15, 0.2) is 30.6 Å². The van der Waals surface area contributed by atoms with E-state index >= 15 is 0 Å². The van der Waals surface area contributed by atoms with Gasteiger partial charge in [-0.15, -0.1) is 0 Å². The smallest absolute Gasteiger partial charge is 0.251 e. The summed E-state index contributed by atoms with van der Waals surface area (Å²) < 4.78 is 7.30. The minimum absolute atomic E-state index is 0.0508. The Bertz CT molecular complexity index is 739. The maximum atomic E-state index is 12.7. The molecule has 1 fully saturated rings. The number of carbonyl (C=O) groups is 1. The second kappa shape index (κ2) is 9.62. The van der Waals surface area contributed by atoms with Gasteiger partial charge in [0.15, 0.2) is 5.82 Å². The molecule has 1 saturated heterocycles. The van der Waals surface area contributed by atoms with Gasteiger partial charge in [0.25, 0.3) is 5.91 Å². The Hall–Kier alpha value is -2.25. The van der Waals surface area contributed by atoms with Crippen LogP contribution in [0.1, 0.15) is 37.0 Å². The molecule has 7 heteroatoms. The second-order valence-electron chi connectivity index (χ2n) is 6.81. The Labute approximate surface area is 160 Å². The van der Waals surface area contributed by atoms with Crippen molar-refractivity contribution in [2.75, 3.05) is 32.8 Å². The van der Waals surface area contributed by atoms with Gasteiger partial charge in [-0.2, -0.15) is 5.10 Å². The van der Waals surface area contributed by atoms with E-state index in [1.165, 1.54) is 0 Å². The second-order valence-corrected chi connectivity index (χ2v) is 6.81. The molecule has 1 aromatic carbocycles. The monoisotopic (exact) mass is 371 g/mol. The highest BCUT2D eigenvalue weighted by Crippen LogP contribution is 2.18. The van der Waals surface area contributed by atoms with Gasteiger partial charge in [0.2, 0.25) is 0 Å². The number of nitrogens with zero attached hydrogens (tertiary/aromatic N) is 4. The topological polar surface area (TPSA) is 72.3 Å². The van der Waals surface area contributed by atoms with Crippen LogP contribution < -0.4 is 5.32 Å². The first-order valence-electron chi connectivity index (χ1n) is 9.81.